The first kappa shape index (κ1) is 28.7. The van der Waals surface area contributed by atoms with E-state index in [9.17, 15) is 9.59 Å². The summed E-state index contributed by atoms with van der Waals surface area (Å²) in [6.45, 7) is 1.89. The van der Waals surface area contributed by atoms with Crippen LogP contribution in [0.15, 0.2) is 82.1 Å². The third-order valence-electron chi connectivity index (χ3n) is 6.82. The molecule has 0 saturated carbocycles. The molecule has 0 radical (unpaired) electrons. The van der Waals surface area contributed by atoms with Crippen molar-refractivity contribution in [3.63, 3.8) is 0 Å². The molecule has 42 heavy (non-hydrogen) atoms. The van der Waals surface area contributed by atoms with Gasteiger partial charge in [0.25, 0.3) is 5.56 Å². The minimum atomic E-state index is -0.857. The highest BCUT2D eigenvalue weighted by Crippen LogP contribution is 2.38. The molecule has 0 fully saturated rings. The highest BCUT2D eigenvalue weighted by atomic mass is 32.1. The first-order valence-electron chi connectivity index (χ1n) is 13.2. The molecule has 1 aliphatic heterocycles. The fourth-order valence-corrected chi connectivity index (χ4v) is 5.86. The lowest BCUT2D eigenvalue weighted by molar-refractivity contribution is -0.138. The lowest BCUT2D eigenvalue weighted by atomic mass is 9.93. The lowest BCUT2D eigenvalue weighted by Gasteiger charge is -2.26. The molecule has 1 aromatic heterocycles. The minimum absolute atomic E-state index is 0.156. The molecule has 216 valence electrons. The Bertz CT molecular complexity index is 1840. The van der Waals surface area contributed by atoms with E-state index in [1.807, 2.05) is 36.4 Å². The average Bonchev–Trinajstić information content (AvgIpc) is 3.34. The number of hydrogen-bond donors (Lipinski definition) is 0. The van der Waals surface area contributed by atoms with Crippen LogP contribution in [-0.4, -0.2) is 45.6 Å². The third kappa shape index (κ3) is 5.28. The number of fused-ring (bicyclic) bond motifs is 1. The number of carbonyl (C=O) groups excluding carboxylic acids is 1. The van der Waals surface area contributed by atoms with Crippen LogP contribution in [0.1, 0.15) is 29.7 Å². The Kier molecular flexibility index (Phi) is 8.44. The van der Waals surface area contributed by atoms with Crippen LogP contribution in [0.4, 0.5) is 0 Å². The molecular weight excluding hydrogens is 556 g/mol. The summed E-state index contributed by atoms with van der Waals surface area (Å²) in [4.78, 5) is 33.2. The summed E-state index contributed by atoms with van der Waals surface area (Å²) in [6.07, 6.45) is 1.74. The van der Waals surface area contributed by atoms with Gasteiger partial charge < -0.3 is 23.7 Å². The van der Waals surface area contributed by atoms with Gasteiger partial charge in [0.05, 0.1) is 56.9 Å². The number of benzene rings is 3. The fraction of sp³-hybridized carbons (Fsp3) is 0.219. The number of hydrogen-bond acceptors (Lipinski definition) is 9. The van der Waals surface area contributed by atoms with Crippen LogP contribution in [0, 0.1) is 0 Å². The van der Waals surface area contributed by atoms with Gasteiger partial charge in [-0.2, -0.15) is 0 Å². The molecule has 0 N–H and O–H groups in total. The Labute approximate surface area is 246 Å². The van der Waals surface area contributed by atoms with Crippen LogP contribution in [-0.2, 0) is 9.53 Å². The predicted octanol–water partition coefficient (Wildman–Crippen LogP) is 3.97. The molecule has 1 unspecified atom stereocenters. The van der Waals surface area contributed by atoms with Gasteiger partial charge in [-0.25, -0.2) is 9.79 Å². The number of carbonyl (C=O) groups is 1. The molecule has 1 atom stereocenters. The van der Waals surface area contributed by atoms with Crippen molar-refractivity contribution in [3.05, 3.63) is 109 Å². The Morgan fingerprint density at radius 2 is 1.62 bits per heavy atom. The molecule has 0 saturated heterocycles. The molecule has 10 heteroatoms. The van der Waals surface area contributed by atoms with Gasteiger partial charge in [0.2, 0.25) is 0 Å². The van der Waals surface area contributed by atoms with Gasteiger partial charge in [-0.15, -0.1) is 0 Å². The van der Waals surface area contributed by atoms with Gasteiger partial charge in [-0.1, -0.05) is 47.7 Å². The van der Waals surface area contributed by atoms with Gasteiger partial charge >= 0.3 is 5.97 Å². The summed E-state index contributed by atoms with van der Waals surface area (Å²) in [5, 5.41) is 0. The van der Waals surface area contributed by atoms with Crippen LogP contribution in [0.3, 0.4) is 0 Å². The van der Waals surface area contributed by atoms with E-state index in [0.29, 0.717) is 49.2 Å². The van der Waals surface area contributed by atoms with Crippen molar-refractivity contribution in [1.82, 2.24) is 4.57 Å². The largest absolute Gasteiger partial charge is 0.497 e. The van der Waals surface area contributed by atoms with Crippen LogP contribution >= 0.6 is 11.3 Å². The van der Waals surface area contributed by atoms with Crippen LogP contribution in [0.25, 0.3) is 11.8 Å². The number of aromatic nitrogens is 1. The molecule has 0 bridgehead atoms. The van der Waals surface area contributed by atoms with Crippen LogP contribution in [0.5, 0.6) is 23.0 Å². The van der Waals surface area contributed by atoms with E-state index in [1.54, 1.807) is 64.7 Å². The normalized spacial score (nSPS) is 14.6. The summed E-state index contributed by atoms with van der Waals surface area (Å²) in [5.41, 5.74) is 2.37. The lowest BCUT2D eigenvalue weighted by Crippen LogP contribution is -2.40. The summed E-state index contributed by atoms with van der Waals surface area (Å²) in [6, 6.07) is 19.2. The second-order valence-electron chi connectivity index (χ2n) is 9.15. The number of rotatable bonds is 9. The molecular formula is C32H30N2O7S. The number of nitrogens with zero attached hydrogens (tertiary/aromatic N) is 2. The Hall–Kier alpha value is -4.83. The van der Waals surface area contributed by atoms with Crippen molar-refractivity contribution >= 4 is 29.1 Å². The van der Waals surface area contributed by atoms with Crippen molar-refractivity contribution < 1.29 is 28.5 Å². The first-order valence-corrected chi connectivity index (χ1v) is 14.0. The number of esters is 1. The molecule has 0 amide bonds. The quantitative estimate of drug-likeness (QED) is 0.274. The summed E-state index contributed by atoms with van der Waals surface area (Å²) < 4.78 is 29.4. The van der Waals surface area contributed by atoms with Gasteiger partial charge in [0, 0.05) is 11.1 Å². The zero-order valence-corrected chi connectivity index (χ0v) is 24.7. The standard InChI is InChI=1S/C32H30N2O7S/c1-6-41-31(36)27-28(19-10-8-7-9-11-19)33-32-34(29(27)20-12-14-24(39-4)25(17-20)40-5)30(35)26(42-32)18-21-16-22(37-2)13-15-23(21)38-3/h7-18,29H,6H2,1-5H3/b26-18-. The maximum Gasteiger partial charge on any atom is 0.338 e. The summed E-state index contributed by atoms with van der Waals surface area (Å²) in [7, 11) is 6.22. The maximum absolute atomic E-state index is 14.2. The predicted molar refractivity (Wildman–Crippen MR) is 160 cm³/mol. The van der Waals surface area contributed by atoms with E-state index in [-0.39, 0.29) is 17.7 Å². The smallest absolute Gasteiger partial charge is 0.338 e. The van der Waals surface area contributed by atoms with Gasteiger partial charge in [-0.05, 0) is 48.9 Å². The number of methoxy groups -OCH3 is 4. The molecule has 0 spiro atoms. The van der Waals surface area contributed by atoms with Crippen LogP contribution in [0.2, 0.25) is 0 Å². The zero-order chi connectivity index (χ0) is 29.8. The van der Waals surface area contributed by atoms with E-state index in [0.717, 1.165) is 5.56 Å². The van der Waals surface area contributed by atoms with E-state index in [2.05, 4.69) is 0 Å². The Morgan fingerprint density at radius 1 is 0.905 bits per heavy atom. The zero-order valence-electron chi connectivity index (χ0n) is 23.9. The van der Waals surface area contributed by atoms with Crippen molar-refractivity contribution in [3.8, 4) is 23.0 Å². The van der Waals surface area contributed by atoms with E-state index in [1.165, 1.54) is 23.0 Å². The monoisotopic (exact) mass is 586 g/mol. The summed E-state index contributed by atoms with van der Waals surface area (Å²) >= 11 is 1.22. The molecule has 2 heterocycles. The second-order valence-corrected chi connectivity index (χ2v) is 10.2. The maximum atomic E-state index is 14.2. The SMILES string of the molecule is CCOC(=O)C1=C(c2ccccc2)N=c2s/c(=C\c3cc(OC)ccc3OC)c(=O)n2C1c1ccc(OC)c(OC)c1. The number of thiazole rings is 1. The average molecular weight is 587 g/mol. The molecule has 3 aromatic carbocycles. The minimum Gasteiger partial charge on any atom is -0.497 e. The van der Waals surface area contributed by atoms with Crippen molar-refractivity contribution in [2.75, 3.05) is 35.0 Å². The fourth-order valence-electron chi connectivity index (χ4n) is 4.87. The summed E-state index contributed by atoms with van der Waals surface area (Å²) in [5.74, 6) is 1.61. The Morgan fingerprint density at radius 3 is 2.29 bits per heavy atom. The molecule has 9 nitrogen and oxygen atoms in total. The van der Waals surface area contributed by atoms with E-state index < -0.39 is 12.0 Å². The van der Waals surface area contributed by atoms with E-state index in [4.69, 9.17) is 28.7 Å². The Balaban J connectivity index is 1.85. The van der Waals surface area contributed by atoms with Gasteiger partial charge in [-0.3, -0.25) is 9.36 Å². The van der Waals surface area contributed by atoms with Crippen molar-refractivity contribution in [2.24, 2.45) is 4.99 Å². The molecule has 1 aliphatic rings. The highest BCUT2D eigenvalue weighted by Gasteiger charge is 2.35. The molecule has 0 aliphatic carbocycles. The van der Waals surface area contributed by atoms with Crippen molar-refractivity contribution in [2.45, 2.75) is 13.0 Å². The topological polar surface area (TPSA) is 97.6 Å². The number of ether oxygens (including phenoxy) is 5. The van der Waals surface area contributed by atoms with Crippen molar-refractivity contribution in [1.29, 1.82) is 0 Å². The van der Waals surface area contributed by atoms with Gasteiger partial charge in [0.15, 0.2) is 16.3 Å². The second kappa shape index (κ2) is 12.4. The van der Waals surface area contributed by atoms with Gasteiger partial charge in [0.1, 0.15) is 11.5 Å². The van der Waals surface area contributed by atoms with E-state index >= 15 is 0 Å². The highest BCUT2D eigenvalue weighted by molar-refractivity contribution is 7.07. The first-order chi connectivity index (χ1) is 20.4. The molecule has 5 rings (SSSR count). The van der Waals surface area contributed by atoms with Crippen LogP contribution < -0.4 is 33.8 Å². The third-order valence-corrected chi connectivity index (χ3v) is 7.80. The molecule has 4 aromatic rings.